The Balaban J connectivity index is 1.95. The molecule has 1 aliphatic rings. The van der Waals surface area contributed by atoms with E-state index >= 15 is 0 Å². The topological polar surface area (TPSA) is 55.5 Å². The normalized spacial score (nSPS) is 17.2. The summed E-state index contributed by atoms with van der Waals surface area (Å²) >= 11 is 0. The molecule has 0 bridgehead atoms. The van der Waals surface area contributed by atoms with Crippen LogP contribution in [0.1, 0.15) is 6.92 Å². The van der Waals surface area contributed by atoms with Gasteiger partial charge in [0.1, 0.15) is 11.4 Å². The third kappa shape index (κ3) is 2.31. The Hall–Kier alpha value is -1.95. The van der Waals surface area contributed by atoms with Crippen LogP contribution in [0.2, 0.25) is 0 Å². The SMILES string of the molecule is CC(=Nc1ccnc2c1ncn2C)N1CCOCC1. The van der Waals surface area contributed by atoms with Crippen molar-refractivity contribution in [3.8, 4) is 0 Å². The maximum atomic E-state index is 5.35. The van der Waals surface area contributed by atoms with Gasteiger partial charge in [0, 0.05) is 26.3 Å². The summed E-state index contributed by atoms with van der Waals surface area (Å²) in [5.74, 6) is 1.00. The molecule has 1 aliphatic heterocycles. The van der Waals surface area contributed by atoms with E-state index in [-0.39, 0.29) is 0 Å². The van der Waals surface area contributed by atoms with Crippen molar-refractivity contribution in [2.75, 3.05) is 26.3 Å². The van der Waals surface area contributed by atoms with Crippen LogP contribution >= 0.6 is 0 Å². The number of nitrogens with zero attached hydrogens (tertiary/aromatic N) is 5. The Bertz CT molecular complexity index is 613. The van der Waals surface area contributed by atoms with Crippen LogP contribution in [0, 0.1) is 0 Å². The van der Waals surface area contributed by atoms with E-state index in [9.17, 15) is 0 Å². The zero-order valence-corrected chi connectivity index (χ0v) is 11.2. The third-order valence-corrected chi connectivity index (χ3v) is 3.33. The summed E-state index contributed by atoms with van der Waals surface area (Å²) in [7, 11) is 1.94. The highest BCUT2D eigenvalue weighted by atomic mass is 16.5. The van der Waals surface area contributed by atoms with Crippen molar-refractivity contribution in [1.82, 2.24) is 19.4 Å². The molecule has 3 rings (SSSR count). The number of hydrogen-bond donors (Lipinski definition) is 0. The third-order valence-electron chi connectivity index (χ3n) is 3.33. The number of pyridine rings is 1. The summed E-state index contributed by atoms with van der Waals surface area (Å²) in [4.78, 5) is 15.6. The number of aryl methyl sites for hydroxylation is 1. The number of fused-ring (bicyclic) bond motifs is 1. The second kappa shape index (κ2) is 4.97. The van der Waals surface area contributed by atoms with Gasteiger partial charge in [-0.3, -0.25) is 0 Å². The van der Waals surface area contributed by atoms with Gasteiger partial charge in [0.05, 0.1) is 25.2 Å². The molecule has 1 fully saturated rings. The van der Waals surface area contributed by atoms with Crippen LogP contribution in [0.3, 0.4) is 0 Å². The van der Waals surface area contributed by atoms with Gasteiger partial charge in [0.2, 0.25) is 0 Å². The molecule has 0 N–H and O–H groups in total. The minimum Gasteiger partial charge on any atom is -0.378 e. The second-order valence-electron chi connectivity index (χ2n) is 4.62. The average Bonchev–Trinajstić information content (AvgIpc) is 2.83. The Labute approximate surface area is 111 Å². The van der Waals surface area contributed by atoms with E-state index in [2.05, 4.69) is 14.9 Å². The van der Waals surface area contributed by atoms with E-state index in [0.717, 1.165) is 49.0 Å². The molecule has 6 nitrogen and oxygen atoms in total. The summed E-state index contributed by atoms with van der Waals surface area (Å²) in [5.41, 5.74) is 2.57. The minimum atomic E-state index is 0.766. The lowest BCUT2D eigenvalue weighted by atomic mass is 10.3. The molecule has 0 radical (unpaired) electrons. The summed E-state index contributed by atoms with van der Waals surface area (Å²) in [5, 5.41) is 0. The first-order valence-electron chi connectivity index (χ1n) is 6.40. The summed E-state index contributed by atoms with van der Waals surface area (Å²) in [6, 6.07) is 1.90. The second-order valence-corrected chi connectivity index (χ2v) is 4.62. The van der Waals surface area contributed by atoms with Gasteiger partial charge in [-0.25, -0.2) is 15.0 Å². The van der Waals surface area contributed by atoms with Gasteiger partial charge in [-0.1, -0.05) is 0 Å². The molecular weight excluding hydrogens is 242 g/mol. The molecule has 0 amide bonds. The lowest BCUT2D eigenvalue weighted by molar-refractivity contribution is 0.0678. The average molecular weight is 259 g/mol. The molecular formula is C13H17N5O. The van der Waals surface area contributed by atoms with Gasteiger partial charge in [-0.2, -0.15) is 0 Å². The fourth-order valence-electron chi connectivity index (χ4n) is 2.24. The lowest BCUT2D eigenvalue weighted by Crippen LogP contribution is -2.39. The summed E-state index contributed by atoms with van der Waals surface area (Å²) < 4.78 is 7.25. The van der Waals surface area contributed by atoms with E-state index in [4.69, 9.17) is 9.73 Å². The van der Waals surface area contributed by atoms with Crippen LogP contribution < -0.4 is 0 Å². The van der Waals surface area contributed by atoms with Crippen molar-refractivity contribution in [2.45, 2.75) is 6.92 Å². The highest BCUT2D eigenvalue weighted by Gasteiger charge is 2.12. The van der Waals surface area contributed by atoms with E-state index in [1.807, 2.05) is 24.6 Å². The van der Waals surface area contributed by atoms with E-state index < -0.39 is 0 Å². The van der Waals surface area contributed by atoms with Gasteiger partial charge in [0.15, 0.2) is 5.65 Å². The summed E-state index contributed by atoms with van der Waals surface area (Å²) in [6.07, 6.45) is 3.54. The predicted octanol–water partition coefficient (Wildman–Crippen LogP) is 1.35. The number of imidazole rings is 1. The van der Waals surface area contributed by atoms with Crippen molar-refractivity contribution >= 4 is 22.7 Å². The van der Waals surface area contributed by atoms with Crippen LogP contribution in [0.25, 0.3) is 11.2 Å². The Morgan fingerprint density at radius 2 is 2.11 bits per heavy atom. The largest absolute Gasteiger partial charge is 0.378 e. The maximum absolute atomic E-state index is 5.35. The number of aromatic nitrogens is 3. The Morgan fingerprint density at radius 1 is 1.32 bits per heavy atom. The minimum absolute atomic E-state index is 0.766. The molecule has 2 aromatic rings. The molecule has 1 saturated heterocycles. The Kier molecular flexibility index (Phi) is 3.16. The first-order valence-corrected chi connectivity index (χ1v) is 6.40. The van der Waals surface area contributed by atoms with Crippen LogP contribution in [-0.2, 0) is 11.8 Å². The highest BCUT2D eigenvalue weighted by Crippen LogP contribution is 2.22. The molecule has 0 unspecified atom stereocenters. The van der Waals surface area contributed by atoms with Crippen molar-refractivity contribution in [1.29, 1.82) is 0 Å². The number of hydrogen-bond acceptors (Lipinski definition) is 4. The van der Waals surface area contributed by atoms with Gasteiger partial charge >= 0.3 is 0 Å². The lowest BCUT2D eigenvalue weighted by Gasteiger charge is -2.28. The molecule has 0 saturated carbocycles. The van der Waals surface area contributed by atoms with E-state index in [1.54, 1.807) is 12.5 Å². The van der Waals surface area contributed by atoms with Crippen molar-refractivity contribution in [3.05, 3.63) is 18.6 Å². The zero-order valence-electron chi connectivity index (χ0n) is 11.2. The molecule has 3 heterocycles. The Morgan fingerprint density at radius 3 is 2.89 bits per heavy atom. The number of aliphatic imine (C=N–C) groups is 1. The number of morpholine rings is 1. The monoisotopic (exact) mass is 259 g/mol. The molecule has 0 aliphatic carbocycles. The molecule has 0 atom stereocenters. The highest BCUT2D eigenvalue weighted by molar-refractivity contribution is 5.90. The number of rotatable bonds is 1. The van der Waals surface area contributed by atoms with Crippen molar-refractivity contribution < 1.29 is 4.74 Å². The van der Waals surface area contributed by atoms with Gasteiger partial charge in [-0.15, -0.1) is 0 Å². The van der Waals surface area contributed by atoms with Gasteiger partial charge < -0.3 is 14.2 Å². The maximum Gasteiger partial charge on any atom is 0.161 e. The number of amidine groups is 1. The fourth-order valence-corrected chi connectivity index (χ4v) is 2.24. The quantitative estimate of drug-likeness (QED) is 0.573. The van der Waals surface area contributed by atoms with Crippen molar-refractivity contribution in [3.63, 3.8) is 0 Å². The molecule has 19 heavy (non-hydrogen) atoms. The number of ether oxygens (including phenoxy) is 1. The standard InChI is InChI=1S/C13H17N5O/c1-10(18-5-7-19-8-6-18)16-11-3-4-14-13-12(11)15-9-17(13)2/h3-4,9H,5-8H2,1-2H3. The van der Waals surface area contributed by atoms with Gasteiger partial charge in [0.25, 0.3) is 0 Å². The van der Waals surface area contributed by atoms with Crippen LogP contribution in [0.5, 0.6) is 0 Å². The molecule has 6 heteroatoms. The molecule has 0 spiro atoms. The molecule has 2 aromatic heterocycles. The zero-order chi connectivity index (χ0) is 13.2. The van der Waals surface area contributed by atoms with E-state index in [0.29, 0.717) is 0 Å². The van der Waals surface area contributed by atoms with E-state index in [1.165, 1.54) is 0 Å². The van der Waals surface area contributed by atoms with Gasteiger partial charge in [-0.05, 0) is 13.0 Å². The first-order chi connectivity index (χ1) is 9.25. The smallest absolute Gasteiger partial charge is 0.161 e. The van der Waals surface area contributed by atoms with Crippen LogP contribution in [0.15, 0.2) is 23.6 Å². The predicted molar refractivity (Wildman–Crippen MR) is 73.7 cm³/mol. The van der Waals surface area contributed by atoms with Crippen molar-refractivity contribution in [2.24, 2.45) is 12.0 Å². The summed E-state index contributed by atoms with van der Waals surface area (Å²) in [6.45, 7) is 5.35. The molecule has 0 aromatic carbocycles. The van der Waals surface area contributed by atoms with Crippen LogP contribution in [-0.4, -0.2) is 51.6 Å². The fraction of sp³-hybridized carbons (Fsp3) is 0.462. The first kappa shape index (κ1) is 12.1. The van der Waals surface area contributed by atoms with Crippen LogP contribution in [0.4, 0.5) is 5.69 Å². The molecule has 100 valence electrons.